The number of nitrogens with zero attached hydrogens (tertiary/aromatic N) is 3. The second-order valence-corrected chi connectivity index (χ2v) is 12.5. The molecule has 10 heteroatoms. The van der Waals surface area contributed by atoms with Crippen LogP contribution in [0.25, 0.3) is 11.2 Å². The molecular weight excluding hydrogens is 381 g/mol. The lowest BCUT2D eigenvalue weighted by Crippen LogP contribution is -2.36. The molecule has 0 aliphatic carbocycles. The molecule has 28 heavy (non-hydrogen) atoms. The number of aliphatic hydroxyl groups is 2. The van der Waals surface area contributed by atoms with Crippen LogP contribution in [0, 0.1) is 5.92 Å². The molecule has 2 aromatic heterocycles. The third-order valence-electron chi connectivity index (χ3n) is 4.87. The zero-order valence-electron chi connectivity index (χ0n) is 16.8. The van der Waals surface area contributed by atoms with Crippen molar-refractivity contribution in [2.45, 2.75) is 44.8 Å². The molecule has 1 aliphatic rings. The molecule has 4 N–H and O–H groups in total. The van der Waals surface area contributed by atoms with Gasteiger partial charge in [0.15, 0.2) is 17.4 Å². The van der Waals surface area contributed by atoms with Crippen LogP contribution in [0.5, 0.6) is 0 Å². The second kappa shape index (κ2) is 7.99. The van der Waals surface area contributed by atoms with Crippen LogP contribution < -0.4 is 10.9 Å². The Labute approximate surface area is 164 Å². The summed E-state index contributed by atoms with van der Waals surface area (Å²) in [5, 5.41) is 24.2. The highest BCUT2D eigenvalue weighted by Gasteiger charge is 2.46. The van der Waals surface area contributed by atoms with Gasteiger partial charge in [-0.25, -0.2) is 4.98 Å². The van der Waals surface area contributed by atoms with E-state index in [-0.39, 0.29) is 17.0 Å². The Bertz CT molecular complexity index is 936. The monoisotopic (exact) mass is 411 g/mol. The second-order valence-electron chi connectivity index (χ2n) is 8.23. The molecule has 0 bridgehead atoms. The van der Waals surface area contributed by atoms with Gasteiger partial charge in [-0.15, -0.1) is 13.2 Å². The standard InChI is InChI=1S/C18H30N5O4P/c1-6-7-19-18-21-15-11(16(26)22-18)20-9-23(15)17-13(25)12(24)14(27-17)10(2)8-28(3,4)5/h9-10,12-14,17,24-25H,3,6-8H2,1-2,4-5H3,(H2,19,21,22,26)/t10?,12-,13+,14+,17+/m0/s1. The Kier molecular flexibility index (Phi) is 6.00. The van der Waals surface area contributed by atoms with Crippen molar-refractivity contribution in [2.24, 2.45) is 5.92 Å². The van der Waals surface area contributed by atoms with Crippen LogP contribution in [-0.2, 0) is 4.74 Å². The Hall–Kier alpha value is -1.67. The summed E-state index contributed by atoms with van der Waals surface area (Å²) in [6.45, 7) is 7.60. The summed E-state index contributed by atoms with van der Waals surface area (Å²) in [5.74, 6) is 0.367. The van der Waals surface area contributed by atoms with E-state index in [4.69, 9.17) is 4.74 Å². The smallest absolute Gasteiger partial charge is 0.280 e. The van der Waals surface area contributed by atoms with Crippen molar-refractivity contribution in [3.8, 4) is 0 Å². The van der Waals surface area contributed by atoms with Crippen molar-refractivity contribution < 1.29 is 14.9 Å². The van der Waals surface area contributed by atoms with Gasteiger partial charge in [-0.05, 0) is 31.8 Å². The summed E-state index contributed by atoms with van der Waals surface area (Å²) in [5.41, 5.74) is 0.0921. The van der Waals surface area contributed by atoms with E-state index in [1.165, 1.54) is 10.9 Å². The van der Waals surface area contributed by atoms with Crippen LogP contribution in [0.2, 0.25) is 0 Å². The number of rotatable bonds is 7. The van der Waals surface area contributed by atoms with Gasteiger partial charge < -0.3 is 20.3 Å². The number of fused-ring (bicyclic) bond motifs is 1. The molecular formula is C18H30N5O4P. The average Bonchev–Trinajstić information content (AvgIpc) is 3.14. The lowest BCUT2D eigenvalue weighted by molar-refractivity contribution is -0.0487. The maximum absolute atomic E-state index is 12.3. The Morgan fingerprint density at radius 3 is 2.79 bits per heavy atom. The molecule has 0 spiro atoms. The summed E-state index contributed by atoms with van der Waals surface area (Å²) in [7, 11) is 0. The summed E-state index contributed by atoms with van der Waals surface area (Å²) in [4.78, 5) is 23.5. The molecule has 156 valence electrons. The predicted molar refractivity (Wildman–Crippen MR) is 113 cm³/mol. The van der Waals surface area contributed by atoms with Gasteiger partial charge in [0, 0.05) is 6.54 Å². The molecule has 2 aromatic rings. The molecule has 1 aliphatic heterocycles. The van der Waals surface area contributed by atoms with Gasteiger partial charge >= 0.3 is 0 Å². The Morgan fingerprint density at radius 1 is 1.43 bits per heavy atom. The van der Waals surface area contributed by atoms with Crippen molar-refractivity contribution in [2.75, 3.05) is 31.4 Å². The van der Waals surface area contributed by atoms with E-state index < -0.39 is 31.4 Å². The summed E-state index contributed by atoms with van der Waals surface area (Å²) < 4.78 is 7.57. The van der Waals surface area contributed by atoms with E-state index in [0.717, 1.165) is 12.6 Å². The molecule has 0 saturated carbocycles. The molecule has 0 radical (unpaired) electrons. The number of aromatic amines is 1. The first-order valence-electron chi connectivity index (χ1n) is 9.52. The Balaban J connectivity index is 1.92. The highest BCUT2D eigenvalue weighted by Crippen LogP contribution is 2.42. The quantitative estimate of drug-likeness (QED) is 0.499. The van der Waals surface area contributed by atoms with Crippen LogP contribution in [0.3, 0.4) is 0 Å². The minimum absolute atomic E-state index is 0.0309. The molecule has 0 aromatic carbocycles. The van der Waals surface area contributed by atoms with E-state index in [0.29, 0.717) is 18.1 Å². The number of hydrogen-bond acceptors (Lipinski definition) is 7. The molecule has 1 unspecified atom stereocenters. The summed E-state index contributed by atoms with van der Waals surface area (Å²) in [6.07, 6.45) is 3.77. The van der Waals surface area contributed by atoms with Crippen LogP contribution >= 0.6 is 6.89 Å². The maximum Gasteiger partial charge on any atom is 0.280 e. The van der Waals surface area contributed by atoms with Crippen molar-refractivity contribution in [3.63, 3.8) is 0 Å². The van der Waals surface area contributed by atoms with Gasteiger partial charge in [-0.1, -0.05) is 13.8 Å². The first-order valence-corrected chi connectivity index (χ1v) is 12.6. The van der Waals surface area contributed by atoms with E-state index in [1.54, 1.807) is 0 Å². The number of aliphatic hydroxyl groups excluding tert-OH is 2. The zero-order valence-corrected chi connectivity index (χ0v) is 17.7. The lowest BCUT2D eigenvalue weighted by Gasteiger charge is -2.26. The van der Waals surface area contributed by atoms with Crippen molar-refractivity contribution in [1.29, 1.82) is 0 Å². The topological polar surface area (TPSA) is 125 Å². The number of ether oxygens (including phenoxy) is 1. The zero-order chi connectivity index (χ0) is 20.6. The van der Waals surface area contributed by atoms with Crippen molar-refractivity contribution >= 4 is 30.3 Å². The fourth-order valence-electron chi connectivity index (χ4n) is 3.71. The fourth-order valence-corrected chi connectivity index (χ4v) is 5.48. The fraction of sp³-hybridized carbons (Fsp3) is 0.667. The first-order chi connectivity index (χ1) is 13.1. The lowest BCUT2D eigenvalue weighted by atomic mass is 10.0. The number of aromatic nitrogens is 4. The minimum atomic E-state index is -1.32. The third-order valence-corrected chi connectivity index (χ3v) is 6.43. The molecule has 9 nitrogen and oxygen atoms in total. The molecule has 3 rings (SSSR count). The first kappa shape index (κ1) is 21.0. The molecule has 0 amide bonds. The maximum atomic E-state index is 12.3. The normalized spacial score (nSPS) is 26.6. The predicted octanol–water partition coefficient (Wildman–Crippen LogP) is 0.906. The molecule has 3 heterocycles. The van der Waals surface area contributed by atoms with Crippen LogP contribution in [0.4, 0.5) is 5.95 Å². The van der Waals surface area contributed by atoms with Crippen molar-refractivity contribution in [1.82, 2.24) is 19.5 Å². The third kappa shape index (κ3) is 4.17. The van der Waals surface area contributed by atoms with E-state index in [2.05, 4.69) is 39.9 Å². The number of hydrogen-bond donors (Lipinski definition) is 4. The van der Waals surface area contributed by atoms with E-state index in [9.17, 15) is 15.0 Å². The number of nitrogens with one attached hydrogen (secondary N) is 2. The number of H-pyrrole nitrogens is 1. The SMILES string of the molecule is C=P(C)(C)CC(C)[C@H]1O[C@@H](n2cnc3c(=O)[nH]c(NCCC)nc32)[C@H](O)[C@@H]1O. The van der Waals surface area contributed by atoms with E-state index in [1.807, 2.05) is 13.8 Å². The van der Waals surface area contributed by atoms with Crippen LogP contribution in [-0.4, -0.2) is 80.4 Å². The Morgan fingerprint density at radius 2 is 2.14 bits per heavy atom. The van der Waals surface area contributed by atoms with Gasteiger partial charge in [-0.2, -0.15) is 4.98 Å². The van der Waals surface area contributed by atoms with Crippen LogP contribution in [0.15, 0.2) is 11.1 Å². The number of imidazole rings is 1. The van der Waals surface area contributed by atoms with Crippen LogP contribution in [0.1, 0.15) is 26.5 Å². The number of anilines is 1. The summed E-state index contributed by atoms with van der Waals surface area (Å²) >= 11 is 0. The highest BCUT2D eigenvalue weighted by molar-refractivity contribution is 7.72. The molecule has 1 saturated heterocycles. The summed E-state index contributed by atoms with van der Waals surface area (Å²) in [6, 6.07) is 0. The largest absolute Gasteiger partial charge is 0.388 e. The van der Waals surface area contributed by atoms with Gasteiger partial charge in [0.1, 0.15) is 12.2 Å². The minimum Gasteiger partial charge on any atom is -0.388 e. The average molecular weight is 411 g/mol. The molecule has 5 atom stereocenters. The van der Waals surface area contributed by atoms with E-state index >= 15 is 0 Å². The van der Waals surface area contributed by atoms with Gasteiger partial charge in [-0.3, -0.25) is 14.3 Å². The van der Waals surface area contributed by atoms with Crippen molar-refractivity contribution in [3.05, 3.63) is 16.7 Å². The van der Waals surface area contributed by atoms with Gasteiger partial charge in [0.05, 0.1) is 12.4 Å². The molecule has 1 fully saturated rings. The van der Waals surface area contributed by atoms with Gasteiger partial charge in [0.2, 0.25) is 5.95 Å². The van der Waals surface area contributed by atoms with Gasteiger partial charge in [0.25, 0.3) is 5.56 Å². The highest BCUT2D eigenvalue weighted by atomic mass is 31.2.